The highest BCUT2D eigenvalue weighted by atomic mass is 16.5. The molecular weight excluding hydrogens is 230 g/mol. The van der Waals surface area contributed by atoms with Crippen molar-refractivity contribution in [2.45, 2.75) is 6.10 Å². The second-order valence-corrected chi connectivity index (χ2v) is 4.32. The summed E-state index contributed by atoms with van der Waals surface area (Å²) in [7, 11) is 1.85. The van der Waals surface area contributed by atoms with Gasteiger partial charge in [0.1, 0.15) is 6.10 Å². The van der Waals surface area contributed by atoms with E-state index in [0.29, 0.717) is 6.61 Å². The van der Waals surface area contributed by atoms with Gasteiger partial charge < -0.3 is 9.64 Å². The average Bonchev–Trinajstić information content (AvgIpc) is 2.86. The Morgan fingerprint density at radius 2 is 2.11 bits per heavy atom. The number of hydrogen-bond acceptors (Lipinski definition) is 5. The van der Waals surface area contributed by atoms with Crippen LogP contribution in [0.5, 0.6) is 0 Å². The van der Waals surface area contributed by atoms with Crippen LogP contribution in [0, 0.1) is 0 Å². The molecule has 1 unspecified atom stereocenters. The third-order valence-corrected chi connectivity index (χ3v) is 3.12. The first-order valence-corrected chi connectivity index (χ1v) is 5.98. The topological polar surface area (TPSA) is 56.1 Å². The molecular formula is C12H15N5O. The molecule has 94 valence electrons. The largest absolute Gasteiger partial charge is 0.370 e. The van der Waals surface area contributed by atoms with E-state index in [2.05, 4.69) is 32.6 Å². The molecule has 1 aromatic heterocycles. The van der Waals surface area contributed by atoms with Gasteiger partial charge in [0.15, 0.2) is 0 Å². The first-order chi connectivity index (χ1) is 8.84. The van der Waals surface area contributed by atoms with Crippen molar-refractivity contribution in [1.29, 1.82) is 0 Å². The Labute approximate surface area is 105 Å². The van der Waals surface area contributed by atoms with Crippen molar-refractivity contribution in [2.75, 3.05) is 24.6 Å². The number of benzene rings is 1. The molecule has 0 aliphatic carbocycles. The second kappa shape index (κ2) is 4.73. The summed E-state index contributed by atoms with van der Waals surface area (Å²) in [4.78, 5) is 2.15. The third kappa shape index (κ3) is 2.06. The molecule has 0 saturated carbocycles. The minimum absolute atomic E-state index is 0.0802. The number of morpholine rings is 1. The Bertz CT molecular complexity index is 512. The molecule has 0 bridgehead atoms. The summed E-state index contributed by atoms with van der Waals surface area (Å²) in [6.45, 7) is 2.28. The lowest BCUT2D eigenvalue weighted by molar-refractivity contribution is 0.0390. The molecule has 6 heteroatoms. The number of nitrogens with zero attached hydrogens (tertiary/aromatic N) is 5. The van der Waals surface area contributed by atoms with Crippen LogP contribution in [0.15, 0.2) is 30.3 Å². The summed E-state index contributed by atoms with van der Waals surface area (Å²) < 4.78 is 7.50. The minimum Gasteiger partial charge on any atom is -0.370 e. The summed E-state index contributed by atoms with van der Waals surface area (Å²) in [6, 6.07) is 10.2. The SMILES string of the molecule is Cn1nnnc1N1CCOC(c2ccccc2)C1. The van der Waals surface area contributed by atoms with Crippen molar-refractivity contribution in [2.24, 2.45) is 7.05 Å². The van der Waals surface area contributed by atoms with Gasteiger partial charge >= 0.3 is 0 Å². The summed E-state index contributed by atoms with van der Waals surface area (Å²) in [5, 5.41) is 11.6. The number of aromatic nitrogens is 4. The van der Waals surface area contributed by atoms with Crippen molar-refractivity contribution in [3.63, 3.8) is 0 Å². The molecule has 0 amide bonds. The van der Waals surface area contributed by atoms with Crippen LogP contribution in [0.3, 0.4) is 0 Å². The molecule has 1 aliphatic heterocycles. The van der Waals surface area contributed by atoms with Gasteiger partial charge in [0.05, 0.1) is 13.2 Å². The van der Waals surface area contributed by atoms with E-state index in [1.54, 1.807) is 4.68 Å². The highest BCUT2D eigenvalue weighted by molar-refractivity contribution is 5.31. The molecule has 1 fully saturated rings. The fourth-order valence-electron chi connectivity index (χ4n) is 2.19. The Kier molecular flexibility index (Phi) is 2.93. The predicted octanol–water partition coefficient (Wildman–Crippen LogP) is 0.788. The Balaban J connectivity index is 1.79. The molecule has 6 nitrogen and oxygen atoms in total. The summed E-state index contributed by atoms with van der Waals surface area (Å²) in [6.07, 6.45) is 0.0802. The lowest BCUT2D eigenvalue weighted by Gasteiger charge is -2.33. The Hall–Kier alpha value is -1.95. The predicted molar refractivity (Wildman–Crippen MR) is 66.1 cm³/mol. The Morgan fingerprint density at radius 3 is 2.83 bits per heavy atom. The van der Waals surface area contributed by atoms with E-state index in [-0.39, 0.29) is 6.10 Å². The lowest BCUT2D eigenvalue weighted by atomic mass is 10.1. The first-order valence-electron chi connectivity index (χ1n) is 5.98. The maximum atomic E-state index is 5.81. The normalized spacial score (nSPS) is 20.1. The molecule has 2 aromatic rings. The first kappa shape index (κ1) is 11.2. The maximum Gasteiger partial charge on any atom is 0.245 e. The molecule has 18 heavy (non-hydrogen) atoms. The van der Waals surface area contributed by atoms with Crippen molar-refractivity contribution in [1.82, 2.24) is 20.2 Å². The van der Waals surface area contributed by atoms with Gasteiger partial charge in [0, 0.05) is 13.6 Å². The van der Waals surface area contributed by atoms with Crippen molar-refractivity contribution >= 4 is 5.95 Å². The molecule has 1 atom stereocenters. The molecule has 3 rings (SSSR count). The quantitative estimate of drug-likeness (QED) is 0.783. The maximum absolute atomic E-state index is 5.81. The van der Waals surface area contributed by atoms with Crippen molar-refractivity contribution < 1.29 is 4.74 Å². The van der Waals surface area contributed by atoms with Crippen LogP contribution in [-0.2, 0) is 11.8 Å². The molecule has 0 radical (unpaired) electrons. The number of hydrogen-bond donors (Lipinski definition) is 0. The number of ether oxygens (including phenoxy) is 1. The van der Waals surface area contributed by atoms with E-state index in [4.69, 9.17) is 4.74 Å². The molecule has 1 saturated heterocycles. The van der Waals surface area contributed by atoms with Crippen LogP contribution >= 0.6 is 0 Å². The van der Waals surface area contributed by atoms with Crippen LogP contribution in [0.2, 0.25) is 0 Å². The van der Waals surface area contributed by atoms with Gasteiger partial charge in [-0.1, -0.05) is 35.4 Å². The van der Waals surface area contributed by atoms with Gasteiger partial charge in [-0.2, -0.15) is 0 Å². The van der Waals surface area contributed by atoms with Gasteiger partial charge in [0.25, 0.3) is 0 Å². The standard InChI is InChI=1S/C12H15N5O/c1-16-12(13-14-15-16)17-7-8-18-11(9-17)10-5-3-2-4-6-10/h2-6,11H,7-9H2,1H3. The highest BCUT2D eigenvalue weighted by Crippen LogP contribution is 2.24. The van der Waals surface area contributed by atoms with Crippen LogP contribution < -0.4 is 4.90 Å². The minimum atomic E-state index is 0.0802. The van der Waals surface area contributed by atoms with E-state index in [1.807, 2.05) is 25.2 Å². The second-order valence-electron chi connectivity index (χ2n) is 4.32. The van der Waals surface area contributed by atoms with Crippen LogP contribution in [0.1, 0.15) is 11.7 Å². The van der Waals surface area contributed by atoms with Gasteiger partial charge in [-0.05, 0) is 16.0 Å². The summed E-state index contributed by atoms with van der Waals surface area (Å²) >= 11 is 0. The van der Waals surface area contributed by atoms with Gasteiger partial charge in [-0.3, -0.25) is 0 Å². The molecule has 0 spiro atoms. The number of rotatable bonds is 2. The number of tetrazole rings is 1. The lowest BCUT2D eigenvalue weighted by Crippen LogP contribution is -2.39. The third-order valence-electron chi connectivity index (χ3n) is 3.12. The van der Waals surface area contributed by atoms with E-state index < -0.39 is 0 Å². The van der Waals surface area contributed by atoms with E-state index in [0.717, 1.165) is 19.0 Å². The van der Waals surface area contributed by atoms with E-state index in [1.165, 1.54) is 5.56 Å². The van der Waals surface area contributed by atoms with Crippen LogP contribution in [0.25, 0.3) is 0 Å². The van der Waals surface area contributed by atoms with Crippen LogP contribution in [0.4, 0.5) is 5.95 Å². The molecule has 1 aliphatic rings. The van der Waals surface area contributed by atoms with E-state index >= 15 is 0 Å². The van der Waals surface area contributed by atoms with E-state index in [9.17, 15) is 0 Å². The summed E-state index contributed by atoms with van der Waals surface area (Å²) in [5.74, 6) is 0.791. The summed E-state index contributed by atoms with van der Waals surface area (Å²) in [5.41, 5.74) is 1.19. The average molecular weight is 245 g/mol. The number of anilines is 1. The van der Waals surface area contributed by atoms with Gasteiger partial charge in [-0.25, -0.2) is 4.68 Å². The van der Waals surface area contributed by atoms with Crippen molar-refractivity contribution in [3.8, 4) is 0 Å². The van der Waals surface area contributed by atoms with Crippen LogP contribution in [-0.4, -0.2) is 39.9 Å². The van der Waals surface area contributed by atoms with Gasteiger partial charge in [-0.15, -0.1) is 0 Å². The smallest absolute Gasteiger partial charge is 0.245 e. The van der Waals surface area contributed by atoms with Gasteiger partial charge in [0.2, 0.25) is 5.95 Å². The fourth-order valence-corrected chi connectivity index (χ4v) is 2.19. The molecule has 0 N–H and O–H groups in total. The van der Waals surface area contributed by atoms with Crippen molar-refractivity contribution in [3.05, 3.63) is 35.9 Å². The molecule has 1 aromatic carbocycles. The zero-order valence-electron chi connectivity index (χ0n) is 10.2. The zero-order valence-corrected chi connectivity index (χ0v) is 10.2. The Morgan fingerprint density at radius 1 is 1.28 bits per heavy atom. The molecule has 2 heterocycles. The highest BCUT2D eigenvalue weighted by Gasteiger charge is 2.24. The number of aryl methyl sites for hydroxylation is 1. The fraction of sp³-hybridized carbons (Fsp3) is 0.417. The monoisotopic (exact) mass is 245 g/mol. The zero-order chi connectivity index (χ0) is 12.4.